The summed E-state index contributed by atoms with van der Waals surface area (Å²) in [6.45, 7) is 3.52. The molecule has 0 aromatic heterocycles. The number of rotatable bonds is 6. The first-order valence-corrected chi connectivity index (χ1v) is 6.39. The lowest BCUT2D eigenvalue weighted by molar-refractivity contribution is -0.385. The van der Waals surface area contributed by atoms with Crippen molar-refractivity contribution in [1.82, 2.24) is 5.32 Å². The van der Waals surface area contributed by atoms with Crippen molar-refractivity contribution in [1.29, 1.82) is 0 Å². The standard InChI is InChI=1S/C11H16N2O2S/c1-9(16-2)7-12-8-10-5-3-4-6-11(10)13(14)15/h3-6,9,12H,7-8H2,1-2H3. The first-order chi connectivity index (χ1) is 7.65. The molecule has 1 aromatic rings. The van der Waals surface area contributed by atoms with E-state index in [9.17, 15) is 10.1 Å². The van der Waals surface area contributed by atoms with Crippen LogP contribution in [0.2, 0.25) is 0 Å². The van der Waals surface area contributed by atoms with E-state index in [1.165, 1.54) is 6.07 Å². The van der Waals surface area contributed by atoms with E-state index < -0.39 is 0 Å². The molecule has 0 fully saturated rings. The molecule has 1 atom stereocenters. The Hall–Kier alpha value is -1.07. The fraction of sp³-hybridized carbons (Fsp3) is 0.455. The van der Waals surface area contributed by atoms with E-state index in [-0.39, 0.29) is 10.6 Å². The molecule has 0 amide bonds. The van der Waals surface area contributed by atoms with E-state index in [0.717, 1.165) is 12.1 Å². The highest BCUT2D eigenvalue weighted by Gasteiger charge is 2.11. The van der Waals surface area contributed by atoms with Crippen molar-refractivity contribution < 1.29 is 4.92 Å². The molecule has 0 aliphatic rings. The monoisotopic (exact) mass is 240 g/mol. The summed E-state index contributed by atoms with van der Waals surface area (Å²) in [5.74, 6) is 0. The van der Waals surface area contributed by atoms with Gasteiger partial charge in [-0.05, 0) is 6.26 Å². The smallest absolute Gasteiger partial charge is 0.273 e. The van der Waals surface area contributed by atoms with Gasteiger partial charge in [0.1, 0.15) is 0 Å². The Kier molecular flexibility index (Phi) is 5.28. The molecule has 0 radical (unpaired) electrons. The maximum Gasteiger partial charge on any atom is 0.273 e. The first kappa shape index (κ1) is 13.0. The maximum absolute atomic E-state index is 10.7. The Balaban J connectivity index is 2.56. The van der Waals surface area contributed by atoms with Crippen LogP contribution in [0.3, 0.4) is 0 Å². The van der Waals surface area contributed by atoms with Crippen molar-refractivity contribution in [2.45, 2.75) is 18.7 Å². The van der Waals surface area contributed by atoms with Crippen LogP contribution >= 0.6 is 11.8 Å². The predicted octanol–water partition coefficient (Wildman–Crippen LogP) is 2.44. The fourth-order valence-corrected chi connectivity index (χ4v) is 1.62. The molecule has 1 aromatic carbocycles. The number of nitrogens with zero attached hydrogens (tertiary/aromatic N) is 1. The van der Waals surface area contributed by atoms with E-state index in [0.29, 0.717) is 11.8 Å². The molecule has 1 N–H and O–H groups in total. The molecule has 0 aliphatic heterocycles. The second kappa shape index (κ2) is 6.50. The third-order valence-electron chi connectivity index (χ3n) is 2.34. The Morgan fingerprint density at radius 3 is 2.81 bits per heavy atom. The van der Waals surface area contributed by atoms with Gasteiger partial charge in [-0.25, -0.2) is 0 Å². The number of benzene rings is 1. The molecule has 5 heteroatoms. The third kappa shape index (κ3) is 3.83. The van der Waals surface area contributed by atoms with Crippen LogP contribution in [0, 0.1) is 10.1 Å². The van der Waals surface area contributed by atoms with Crippen LogP contribution in [0.5, 0.6) is 0 Å². The summed E-state index contributed by atoms with van der Waals surface area (Å²) in [5, 5.41) is 14.5. The number of para-hydroxylation sites is 1. The van der Waals surface area contributed by atoms with E-state index >= 15 is 0 Å². The Bertz CT molecular complexity index is 358. The molecule has 4 nitrogen and oxygen atoms in total. The summed E-state index contributed by atoms with van der Waals surface area (Å²) in [5.41, 5.74) is 0.924. The summed E-state index contributed by atoms with van der Waals surface area (Å²) in [6.07, 6.45) is 2.05. The van der Waals surface area contributed by atoms with Gasteiger partial charge in [0.25, 0.3) is 5.69 Å². The number of nitro benzene ring substituents is 1. The zero-order valence-electron chi connectivity index (χ0n) is 9.47. The normalized spacial score (nSPS) is 12.4. The molecular formula is C11H16N2O2S. The highest BCUT2D eigenvalue weighted by atomic mass is 32.2. The van der Waals surface area contributed by atoms with E-state index in [2.05, 4.69) is 18.5 Å². The van der Waals surface area contributed by atoms with Crippen LogP contribution in [0.15, 0.2) is 24.3 Å². The zero-order valence-corrected chi connectivity index (χ0v) is 10.3. The number of nitro groups is 1. The third-order valence-corrected chi connectivity index (χ3v) is 3.31. The molecule has 16 heavy (non-hydrogen) atoms. The molecule has 1 unspecified atom stereocenters. The summed E-state index contributed by atoms with van der Waals surface area (Å²) < 4.78 is 0. The molecule has 0 aliphatic carbocycles. The minimum atomic E-state index is -0.338. The highest BCUT2D eigenvalue weighted by molar-refractivity contribution is 7.99. The Labute approximate surface area is 99.6 Å². The minimum absolute atomic E-state index is 0.187. The van der Waals surface area contributed by atoms with Crippen molar-refractivity contribution in [2.24, 2.45) is 0 Å². The lowest BCUT2D eigenvalue weighted by Gasteiger charge is -2.09. The van der Waals surface area contributed by atoms with Gasteiger partial charge in [-0.1, -0.05) is 25.1 Å². The van der Waals surface area contributed by atoms with E-state index in [4.69, 9.17) is 0 Å². The van der Waals surface area contributed by atoms with Crippen LogP contribution in [0.4, 0.5) is 5.69 Å². The number of thioether (sulfide) groups is 1. The van der Waals surface area contributed by atoms with Gasteiger partial charge in [0.15, 0.2) is 0 Å². The van der Waals surface area contributed by atoms with Crippen LogP contribution in [0.1, 0.15) is 12.5 Å². The van der Waals surface area contributed by atoms with Crippen molar-refractivity contribution in [2.75, 3.05) is 12.8 Å². The summed E-state index contributed by atoms with van der Waals surface area (Å²) >= 11 is 1.77. The van der Waals surface area contributed by atoms with E-state index in [1.54, 1.807) is 23.9 Å². The second-order valence-corrected chi connectivity index (χ2v) is 4.84. The molecule has 0 bridgehead atoms. The van der Waals surface area contributed by atoms with Crippen LogP contribution in [0.25, 0.3) is 0 Å². The zero-order chi connectivity index (χ0) is 12.0. The van der Waals surface area contributed by atoms with E-state index in [1.807, 2.05) is 6.07 Å². The summed E-state index contributed by atoms with van der Waals surface area (Å²) in [7, 11) is 0. The number of hydrogen-bond donors (Lipinski definition) is 1. The van der Waals surface area contributed by atoms with Gasteiger partial charge in [-0.15, -0.1) is 0 Å². The van der Waals surface area contributed by atoms with Crippen LogP contribution in [-0.2, 0) is 6.54 Å². The number of nitrogens with one attached hydrogen (secondary N) is 1. The fourth-order valence-electron chi connectivity index (χ4n) is 1.33. The molecule has 88 valence electrons. The van der Waals surface area contributed by atoms with Gasteiger partial charge in [0, 0.05) is 30.0 Å². The predicted molar refractivity (Wildman–Crippen MR) is 67.8 cm³/mol. The van der Waals surface area contributed by atoms with Gasteiger partial charge in [-0.2, -0.15) is 11.8 Å². The Morgan fingerprint density at radius 2 is 2.19 bits per heavy atom. The minimum Gasteiger partial charge on any atom is -0.311 e. The Morgan fingerprint density at radius 1 is 1.50 bits per heavy atom. The average molecular weight is 240 g/mol. The first-order valence-electron chi connectivity index (χ1n) is 5.11. The maximum atomic E-state index is 10.7. The molecular weight excluding hydrogens is 224 g/mol. The molecule has 0 heterocycles. The topological polar surface area (TPSA) is 55.2 Å². The van der Waals surface area contributed by atoms with Crippen LogP contribution < -0.4 is 5.32 Å². The lowest BCUT2D eigenvalue weighted by Crippen LogP contribution is -2.22. The lowest BCUT2D eigenvalue weighted by atomic mass is 10.2. The molecule has 0 saturated carbocycles. The molecule has 0 saturated heterocycles. The largest absolute Gasteiger partial charge is 0.311 e. The van der Waals surface area contributed by atoms with Crippen molar-refractivity contribution in [3.8, 4) is 0 Å². The van der Waals surface area contributed by atoms with Gasteiger partial charge in [0.2, 0.25) is 0 Å². The van der Waals surface area contributed by atoms with Gasteiger partial charge < -0.3 is 5.32 Å². The SMILES string of the molecule is CSC(C)CNCc1ccccc1[N+](=O)[O-]. The summed E-state index contributed by atoms with van der Waals surface area (Å²) in [6, 6.07) is 6.83. The average Bonchev–Trinajstić information content (AvgIpc) is 2.29. The molecule has 1 rings (SSSR count). The summed E-state index contributed by atoms with van der Waals surface area (Å²) in [4.78, 5) is 10.4. The van der Waals surface area contributed by atoms with Crippen molar-refractivity contribution >= 4 is 17.4 Å². The quantitative estimate of drug-likeness (QED) is 0.613. The van der Waals surface area contributed by atoms with Crippen LogP contribution in [-0.4, -0.2) is 23.0 Å². The van der Waals surface area contributed by atoms with Gasteiger partial charge in [-0.3, -0.25) is 10.1 Å². The molecule has 0 spiro atoms. The van der Waals surface area contributed by atoms with Gasteiger partial charge >= 0.3 is 0 Å². The highest BCUT2D eigenvalue weighted by Crippen LogP contribution is 2.17. The number of hydrogen-bond acceptors (Lipinski definition) is 4. The van der Waals surface area contributed by atoms with Crippen molar-refractivity contribution in [3.63, 3.8) is 0 Å². The van der Waals surface area contributed by atoms with Crippen molar-refractivity contribution in [3.05, 3.63) is 39.9 Å². The second-order valence-electron chi connectivity index (χ2n) is 3.56. The van der Waals surface area contributed by atoms with Gasteiger partial charge in [0.05, 0.1) is 4.92 Å².